The first-order valence-corrected chi connectivity index (χ1v) is 5.72. The molecule has 0 saturated carbocycles. The minimum absolute atomic E-state index is 0.0516. The minimum atomic E-state index is -1.08. The molecule has 0 unspecified atom stereocenters. The summed E-state index contributed by atoms with van der Waals surface area (Å²) < 4.78 is 7.04. The fraction of sp³-hybridized carbons (Fsp3) is 0.0769. The maximum Gasteiger partial charge on any atom is 0.335 e. The van der Waals surface area contributed by atoms with Gasteiger partial charge in [0, 0.05) is 13.1 Å². The third-order valence-electron chi connectivity index (χ3n) is 2.91. The van der Waals surface area contributed by atoms with Crippen LogP contribution in [0.3, 0.4) is 0 Å². The first-order chi connectivity index (χ1) is 9.56. The van der Waals surface area contributed by atoms with E-state index in [2.05, 4.69) is 10.1 Å². The summed E-state index contributed by atoms with van der Waals surface area (Å²) in [5.74, 6) is -0.451. The molecule has 20 heavy (non-hydrogen) atoms. The number of carboxylic acids is 1. The van der Waals surface area contributed by atoms with Gasteiger partial charge in [-0.15, -0.1) is 0 Å². The number of carboxylic acid groups (broad SMARTS) is 1. The third kappa shape index (κ3) is 1.85. The molecule has 3 rings (SSSR count). The van der Waals surface area contributed by atoms with Crippen LogP contribution in [0.15, 0.2) is 39.8 Å². The topological polar surface area (TPSA) is 98.2 Å². The molecule has 7 nitrogen and oxygen atoms in total. The Labute approximate surface area is 112 Å². The van der Waals surface area contributed by atoms with Crippen molar-refractivity contribution in [3.8, 4) is 11.6 Å². The highest BCUT2D eigenvalue weighted by molar-refractivity contribution is 5.92. The van der Waals surface area contributed by atoms with Gasteiger partial charge in [-0.1, -0.05) is 0 Å². The molecule has 0 amide bonds. The van der Waals surface area contributed by atoms with E-state index in [0.717, 1.165) is 0 Å². The molecule has 1 aromatic carbocycles. The molecular formula is C13H9N3O4. The number of fused-ring (bicyclic) bond motifs is 1. The predicted octanol–water partition coefficient (Wildman–Crippen LogP) is 1.29. The van der Waals surface area contributed by atoms with E-state index in [1.165, 1.54) is 35.3 Å². The summed E-state index contributed by atoms with van der Waals surface area (Å²) in [5.41, 5.74) is -0.00708. The fourth-order valence-corrected chi connectivity index (χ4v) is 1.92. The van der Waals surface area contributed by atoms with Gasteiger partial charge in [-0.05, 0) is 18.2 Å². The fourth-order valence-electron chi connectivity index (χ4n) is 1.92. The molecule has 0 spiro atoms. The van der Waals surface area contributed by atoms with Crippen molar-refractivity contribution in [2.45, 2.75) is 0 Å². The minimum Gasteiger partial charge on any atom is -0.478 e. The highest BCUT2D eigenvalue weighted by Crippen LogP contribution is 2.20. The second kappa shape index (κ2) is 4.30. The second-order valence-electron chi connectivity index (χ2n) is 4.20. The van der Waals surface area contributed by atoms with E-state index in [-0.39, 0.29) is 22.3 Å². The highest BCUT2D eigenvalue weighted by Gasteiger charge is 2.13. The molecule has 0 saturated heterocycles. The molecule has 1 N–H and O–H groups in total. The second-order valence-corrected chi connectivity index (χ2v) is 4.20. The SMILES string of the molecule is Cn1ncnc1-c1cc(=O)c2ccc(C(=O)O)cc2o1. The Kier molecular flexibility index (Phi) is 2.60. The van der Waals surface area contributed by atoms with Crippen molar-refractivity contribution in [2.75, 3.05) is 0 Å². The number of nitrogens with zero attached hydrogens (tertiary/aromatic N) is 3. The van der Waals surface area contributed by atoms with Gasteiger partial charge in [0.25, 0.3) is 0 Å². The van der Waals surface area contributed by atoms with Crippen LogP contribution in [0.2, 0.25) is 0 Å². The van der Waals surface area contributed by atoms with Crippen molar-refractivity contribution in [3.05, 3.63) is 46.4 Å². The monoisotopic (exact) mass is 271 g/mol. The van der Waals surface area contributed by atoms with Crippen molar-refractivity contribution in [3.63, 3.8) is 0 Å². The van der Waals surface area contributed by atoms with E-state index in [4.69, 9.17) is 9.52 Å². The Morgan fingerprint density at radius 1 is 1.35 bits per heavy atom. The lowest BCUT2D eigenvalue weighted by atomic mass is 10.1. The maximum absolute atomic E-state index is 12.0. The molecule has 0 aliphatic carbocycles. The third-order valence-corrected chi connectivity index (χ3v) is 2.91. The van der Waals surface area contributed by atoms with Crippen molar-refractivity contribution >= 4 is 16.9 Å². The zero-order valence-corrected chi connectivity index (χ0v) is 10.4. The first-order valence-electron chi connectivity index (χ1n) is 5.72. The van der Waals surface area contributed by atoms with Gasteiger partial charge in [-0.3, -0.25) is 4.79 Å². The molecule has 0 fully saturated rings. The first kappa shape index (κ1) is 12.1. The lowest BCUT2D eigenvalue weighted by Gasteiger charge is -2.03. The number of aryl methyl sites for hydroxylation is 1. The largest absolute Gasteiger partial charge is 0.478 e. The molecule has 0 bridgehead atoms. The molecular weight excluding hydrogens is 262 g/mol. The van der Waals surface area contributed by atoms with Gasteiger partial charge in [0.2, 0.25) is 0 Å². The van der Waals surface area contributed by atoms with Crippen LogP contribution in [-0.4, -0.2) is 25.8 Å². The smallest absolute Gasteiger partial charge is 0.335 e. The quantitative estimate of drug-likeness (QED) is 0.754. The van der Waals surface area contributed by atoms with Crippen LogP contribution in [0.4, 0.5) is 0 Å². The van der Waals surface area contributed by atoms with E-state index >= 15 is 0 Å². The number of benzene rings is 1. The van der Waals surface area contributed by atoms with Crippen molar-refractivity contribution in [2.24, 2.45) is 7.05 Å². The molecule has 3 aromatic rings. The van der Waals surface area contributed by atoms with Crippen LogP contribution in [0, 0.1) is 0 Å². The molecule has 0 radical (unpaired) electrons. The Bertz CT molecular complexity index is 879. The van der Waals surface area contributed by atoms with Gasteiger partial charge in [-0.25, -0.2) is 14.5 Å². The summed E-state index contributed by atoms with van der Waals surface area (Å²) in [4.78, 5) is 27.0. The summed E-state index contributed by atoms with van der Waals surface area (Å²) in [5, 5.41) is 13.2. The molecule has 0 aliphatic heterocycles. The van der Waals surface area contributed by atoms with E-state index < -0.39 is 5.97 Å². The Balaban J connectivity index is 2.29. The van der Waals surface area contributed by atoms with Crippen LogP contribution in [-0.2, 0) is 7.05 Å². The molecule has 2 aromatic heterocycles. The number of hydrogen-bond acceptors (Lipinski definition) is 5. The van der Waals surface area contributed by atoms with Crippen LogP contribution in [0.1, 0.15) is 10.4 Å². The van der Waals surface area contributed by atoms with Crippen molar-refractivity contribution in [1.82, 2.24) is 14.8 Å². The maximum atomic E-state index is 12.0. The summed E-state index contributed by atoms with van der Waals surface area (Å²) in [6.45, 7) is 0. The average Bonchev–Trinajstić information content (AvgIpc) is 2.84. The number of hydrogen-bond donors (Lipinski definition) is 1. The average molecular weight is 271 g/mol. The Hall–Kier alpha value is -2.96. The Morgan fingerprint density at radius 3 is 2.80 bits per heavy atom. The number of rotatable bonds is 2. The highest BCUT2D eigenvalue weighted by atomic mass is 16.4. The van der Waals surface area contributed by atoms with Crippen molar-refractivity contribution < 1.29 is 14.3 Å². The van der Waals surface area contributed by atoms with Gasteiger partial charge in [-0.2, -0.15) is 5.10 Å². The van der Waals surface area contributed by atoms with E-state index in [9.17, 15) is 9.59 Å². The molecule has 7 heteroatoms. The standard InChI is InChI=1S/C13H9N3O4/c1-16-12(14-6-15-16)11-5-9(17)8-3-2-7(13(18)19)4-10(8)20-11/h2-6H,1H3,(H,18,19). The van der Waals surface area contributed by atoms with Crippen LogP contribution in [0.5, 0.6) is 0 Å². The van der Waals surface area contributed by atoms with Gasteiger partial charge < -0.3 is 9.52 Å². The molecule has 2 heterocycles. The summed E-state index contributed by atoms with van der Waals surface area (Å²) in [7, 11) is 1.67. The zero-order valence-electron chi connectivity index (χ0n) is 10.4. The number of aromatic nitrogens is 3. The lowest BCUT2D eigenvalue weighted by molar-refractivity contribution is 0.0697. The van der Waals surface area contributed by atoms with Crippen LogP contribution in [0.25, 0.3) is 22.6 Å². The number of carbonyl (C=O) groups is 1. The number of aromatic carboxylic acids is 1. The van der Waals surface area contributed by atoms with Gasteiger partial charge in [0.05, 0.1) is 10.9 Å². The molecule has 0 aliphatic rings. The summed E-state index contributed by atoms with van der Waals surface area (Å²) in [6, 6.07) is 5.43. The normalized spacial score (nSPS) is 10.8. The lowest BCUT2D eigenvalue weighted by Crippen LogP contribution is -2.04. The van der Waals surface area contributed by atoms with E-state index in [1.54, 1.807) is 7.05 Å². The van der Waals surface area contributed by atoms with Crippen molar-refractivity contribution in [1.29, 1.82) is 0 Å². The van der Waals surface area contributed by atoms with Gasteiger partial charge >= 0.3 is 5.97 Å². The summed E-state index contributed by atoms with van der Waals surface area (Å²) >= 11 is 0. The summed E-state index contributed by atoms with van der Waals surface area (Å²) in [6.07, 6.45) is 1.34. The zero-order chi connectivity index (χ0) is 14.3. The molecule has 0 atom stereocenters. The van der Waals surface area contributed by atoms with Crippen LogP contribution < -0.4 is 5.43 Å². The van der Waals surface area contributed by atoms with E-state index in [0.29, 0.717) is 11.2 Å². The van der Waals surface area contributed by atoms with Gasteiger partial charge in [0.15, 0.2) is 17.0 Å². The van der Waals surface area contributed by atoms with Crippen LogP contribution >= 0.6 is 0 Å². The van der Waals surface area contributed by atoms with Gasteiger partial charge in [0.1, 0.15) is 11.9 Å². The predicted molar refractivity (Wildman–Crippen MR) is 69.4 cm³/mol. The van der Waals surface area contributed by atoms with E-state index in [1.807, 2.05) is 0 Å². The molecule has 100 valence electrons. The Morgan fingerprint density at radius 2 is 2.15 bits per heavy atom.